The number of hydrogen-bond acceptors (Lipinski definition) is 3. The highest BCUT2D eigenvalue weighted by atomic mass is 79.9. The fraction of sp³-hybridized carbons (Fsp3) is 0.583. The third kappa shape index (κ3) is 2.72. The molecule has 1 unspecified atom stereocenters. The van der Waals surface area contributed by atoms with Crippen LogP contribution in [0.1, 0.15) is 22.2 Å². The van der Waals surface area contributed by atoms with Gasteiger partial charge in [0.25, 0.3) is 5.91 Å². The molecule has 94 valence electrons. The van der Waals surface area contributed by atoms with Crippen LogP contribution in [0.2, 0.25) is 0 Å². The highest BCUT2D eigenvalue weighted by Gasteiger charge is 2.26. The molecule has 1 amide bonds. The zero-order valence-corrected chi connectivity index (χ0v) is 12.8. The fourth-order valence-corrected chi connectivity index (χ4v) is 3.46. The third-order valence-corrected chi connectivity index (χ3v) is 5.44. The summed E-state index contributed by atoms with van der Waals surface area (Å²) in [6.45, 7) is 6.79. The van der Waals surface area contributed by atoms with Crippen LogP contribution in [0.5, 0.6) is 0 Å². The first kappa shape index (κ1) is 13.1. The van der Waals surface area contributed by atoms with Gasteiger partial charge in [-0.25, -0.2) is 0 Å². The lowest BCUT2D eigenvalue weighted by Crippen LogP contribution is -2.51. The van der Waals surface area contributed by atoms with Crippen LogP contribution >= 0.6 is 27.3 Å². The summed E-state index contributed by atoms with van der Waals surface area (Å²) < 4.78 is 1.06. The molecule has 1 fully saturated rings. The van der Waals surface area contributed by atoms with E-state index >= 15 is 0 Å². The van der Waals surface area contributed by atoms with Crippen molar-refractivity contribution in [1.29, 1.82) is 0 Å². The van der Waals surface area contributed by atoms with Gasteiger partial charge in [0.2, 0.25) is 0 Å². The molecule has 0 bridgehead atoms. The van der Waals surface area contributed by atoms with Gasteiger partial charge in [-0.15, -0.1) is 11.3 Å². The zero-order valence-electron chi connectivity index (χ0n) is 10.4. The number of likely N-dealkylation sites (N-methyl/N-ethyl adjacent to an activating group) is 1. The molecular formula is C12H17BrN2OS. The first-order valence-corrected chi connectivity index (χ1v) is 7.35. The van der Waals surface area contributed by atoms with E-state index in [4.69, 9.17) is 0 Å². The molecule has 1 aromatic heterocycles. The van der Waals surface area contributed by atoms with Gasteiger partial charge in [0.15, 0.2) is 0 Å². The molecule has 0 aliphatic carbocycles. The molecule has 0 saturated carbocycles. The van der Waals surface area contributed by atoms with E-state index in [-0.39, 0.29) is 5.91 Å². The summed E-state index contributed by atoms with van der Waals surface area (Å²) in [6.07, 6.45) is 0. The van der Waals surface area contributed by atoms with Gasteiger partial charge in [0, 0.05) is 25.7 Å². The molecule has 2 rings (SSSR count). The lowest BCUT2D eigenvalue weighted by atomic mass is 10.2. The number of piperazine rings is 1. The topological polar surface area (TPSA) is 23.6 Å². The van der Waals surface area contributed by atoms with E-state index in [1.54, 1.807) is 0 Å². The number of thiophene rings is 1. The first-order chi connectivity index (χ1) is 7.99. The van der Waals surface area contributed by atoms with Crippen LogP contribution in [0.15, 0.2) is 9.85 Å². The Balaban J connectivity index is 2.10. The average Bonchev–Trinajstić information content (AvgIpc) is 2.62. The maximum Gasteiger partial charge on any atom is 0.264 e. The summed E-state index contributed by atoms with van der Waals surface area (Å²) >= 11 is 5.00. The Kier molecular flexibility index (Phi) is 3.90. The van der Waals surface area contributed by atoms with Crippen molar-refractivity contribution in [2.45, 2.75) is 19.9 Å². The highest BCUT2D eigenvalue weighted by Crippen LogP contribution is 2.28. The molecule has 1 saturated heterocycles. The average molecular weight is 317 g/mol. The summed E-state index contributed by atoms with van der Waals surface area (Å²) in [5, 5.41) is 0. The van der Waals surface area contributed by atoms with E-state index in [0.717, 1.165) is 33.9 Å². The summed E-state index contributed by atoms with van der Waals surface area (Å²) in [6, 6.07) is 2.41. The van der Waals surface area contributed by atoms with Crippen molar-refractivity contribution in [2.75, 3.05) is 26.7 Å². The maximum absolute atomic E-state index is 12.3. The quantitative estimate of drug-likeness (QED) is 0.795. The van der Waals surface area contributed by atoms with Crippen molar-refractivity contribution in [3.05, 3.63) is 20.3 Å². The molecular weight excluding hydrogens is 300 g/mol. The minimum absolute atomic E-state index is 0.170. The minimum atomic E-state index is 0.170. The second-order valence-electron chi connectivity index (χ2n) is 4.65. The Morgan fingerprint density at radius 2 is 2.24 bits per heavy atom. The van der Waals surface area contributed by atoms with E-state index in [0.29, 0.717) is 6.04 Å². The molecule has 1 aromatic rings. The van der Waals surface area contributed by atoms with Crippen LogP contribution in [-0.4, -0.2) is 48.4 Å². The molecule has 5 heteroatoms. The van der Waals surface area contributed by atoms with Gasteiger partial charge in [-0.1, -0.05) is 0 Å². The van der Waals surface area contributed by atoms with Crippen LogP contribution in [0.25, 0.3) is 0 Å². The molecule has 1 aliphatic heterocycles. The first-order valence-electron chi connectivity index (χ1n) is 5.74. The lowest BCUT2D eigenvalue weighted by Gasteiger charge is -2.37. The Labute approximate surface area is 115 Å². The SMILES string of the molecule is Cc1cc(C(=O)N2CCN(C)C(C)C2)sc1Br. The lowest BCUT2D eigenvalue weighted by molar-refractivity contribution is 0.0577. The highest BCUT2D eigenvalue weighted by molar-refractivity contribution is 9.11. The number of hydrogen-bond donors (Lipinski definition) is 0. The van der Waals surface area contributed by atoms with Gasteiger partial charge >= 0.3 is 0 Å². The standard InChI is InChI=1S/C12H17BrN2OS/c1-8-6-10(17-11(8)13)12(16)15-5-4-14(3)9(2)7-15/h6,9H,4-5,7H2,1-3H3. The van der Waals surface area contributed by atoms with Crippen LogP contribution in [-0.2, 0) is 0 Å². The molecule has 1 atom stereocenters. The largest absolute Gasteiger partial charge is 0.335 e. The summed E-state index contributed by atoms with van der Waals surface area (Å²) in [7, 11) is 2.11. The van der Waals surface area contributed by atoms with Crippen molar-refractivity contribution in [3.63, 3.8) is 0 Å². The Bertz CT molecular complexity index is 413. The van der Waals surface area contributed by atoms with Crippen LogP contribution in [0.4, 0.5) is 0 Å². The van der Waals surface area contributed by atoms with Crippen molar-refractivity contribution >= 4 is 33.2 Å². The molecule has 3 nitrogen and oxygen atoms in total. The van der Waals surface area contributed by atoms with E-state index in [9.17, 15) is 4.79 Å². The summed E-state index contributed by atoms with van der Waals surface area (Å²) in [4.78, 5) is 17.4. The van der Waals surface area contributed by atoms with E-state index in [1.807, 2.05) is 17.9 Å². The fourth-order valence-electron chi connectivity index (χ4n) is 1.95. The third-order valence-electron chi connectivity index (χ3n) is 3.31. The van der Waals surface area contributed by atoms with Gasteiger partial charge in [-0.05, 0) is 48.5 Å². The van der Waals surface area contributed by atoms with Gasteiger partial charge in [-0.3, -0.25) is 4.79 Å². The Hall–Kier alpha value is -0.390. The van der Waals surface area contributed by atoms with Crippen molar-refractivity contribution in [3.8, 4) is 0 Å². The van der Waals surface area contributed by atoms with Crippen molar-refractivity contribution in [2.24, 2.45) is 0 Å². The number of halogens is 1. The van der Waals surface area contributed by atoms with Gasteiger partial charge in [0.05, 0.1) is 8.66 Å². The number of nitrogens with zero attached hydrogens (tertiary/aromatic N) is 2. The predicted molar refractivity (Wildman–Crippen MR) is 74.8 cm³/mol. The summed E-state index contributed by atoms with van der Waals surface area (Å²) in [5.74, 6) is 0.170. The zero-order chi connectivity index (χ0) is 12.6. The molecule has 0 aromatic carbocycles. The smallest absolute Gasteiger partial charge is 0.264 e. The Morgan fingerprint density at radius 3 is 2.76 bits per heavy atom. The molecule has 0 radical (unpaired) electrons. The minimum Gasteiger partial charge on any atom is -0.335 e. The van der Waals surface area contributed by atoms with Crippen LogP contribution in [0, 0.1) is 6.92 Å². The normalized spacial score (nSPS) is 21.9. The number of amides is 1. The number of aryl methyl sites for hydroxylation is 1. The van der Waals surface area contributed by atoms with Crippen molar-refractivity contribution < 1.29 is 4.79 Å². The monoisotopic (exact) mass is 316 g/mol. The maximum atomic E-state index is 12.3. The molecule has 0 N–H and O–H groups in total. The van der Waals surface area contributed by atoms with E-state index in [1.165, 1.54) is 11.3 Å². The van der Waals surface area contributed by atoms with Gasteiger partial charge < -0.3 is 9.80 Å². The number of carbonyl (C=O) groups excluding carboxylic acids is 1. The second kappa shape index (κ2) is 5.08. The second-order valence-corrected chi connectivity index (χ2v) is 7.02. The molecule has 1 aliphatic rings. The van der Waals surface area contributed by atoms with Crippen molar-refractivity contribution in [1.82, 2.24) is 9.80 Å². The molecule has 0 spiro atoms. The van der Waals surface area contributed by atoms with E-state index in [2.05, 4.69) is 34.8 Å². The van der Waals surface area contributed by atoms with E-state index < -0.39 is 0 Å². The molecule has 17 heavy (non-hydrogen) atoms. The number of carbonyl (C=O) groups is 1. The van der Waals surface area contributed by atoms with Gasteiger partial charge in [0.1, 0.15) is 0 Å². The summed E-state index contributed by atoms with van der Waals surface area (Å²) in [5.41, 5.74) is 1.14. The number of rotatable bonds is 1. The molecule has 2 heterocycles. The predicted octanol–water partition coefficient (Wildman–Crippen LogP) is 2.60. The van der Waals surface area contributed by atoms with Gasteiger partial charge in [-0.2, -0.15) is 0 Å². The Morgan fingerprint density at radius 1 is 1.53 bits per heavy atom. The van der Waals surface area contributed by atoms with Crippen LogP contribution < -0.4 is 0 Å². The van der Waals surface area contributed by atoms with Crippen LogP contribution in [0.3, 0.4) is 0 Å².